The predicted octanol–water partition coefficient (Wildman–Crippen LogP) is 3.02. The van der Waals surface area contributed by atoms with E-state index in [-0.39, 0.29) is 25.3 Å². The minimum Gasteiger partial charge on any atom is -0.491 e. The van der Waals surface area contributed by atoms with E-state index >= 15 is 0 Å². The molecule has 2 N–H and O–H groups in total. The molecule has 2 aromatic rings. The molecule has 0 aliphatic carbocycles. The van der Waals surface area contributed by atoms with Crippen LogP contribution in [0.1, 0.15) is 23.4 Å². The van der Waals surface area contributed by atoms with Crippen LogP contribution in [0.3, 0.4) is 0 Å². The molecule has 1 atom stereocenters. The Bertz CT molecular complexity index is 616. The van der Waals surface area contributed by atoms with Crippen molar-refractivity contribution in [3.05, 3.63) is 52.2 Å². The monoisotopic (exact) mass is 334 g/mol. The summed E-state index contributed by atoms with van der Waals surface area (Å²) in [5, 5.41) is 13.8. The zero-order chi connectivity index (χ0) is 16.7. The number of urea groups is 1. The van der Waals surface area contributed by atoms with E-state index in [0.717, 1.165) is 10.4 Å². The van der Waals surface area contributed by atoms with Crippen LogP contribution in [-0.2, 0) is 6.54 Å². The van der Waals surface area contributed by atoms with Crippen LogP contribution in [0.5, 0.6) is 5.75 Å². The Morgan fingerprint density at radius 3 is 2.83 bits per heavy atom. The standard InChI is InChI=1S/C17H22N2O3S/c1-13(16-8-5-11-23-16)19(2)17(21)18-12-14-6-3-4-7-15(14)22-10-9-20/h3-8,11,13,20H,9-10,12H2,1-2H3,(H,18,21). The van der Waals surface area contributed by atoms with E-state index in [9.17, 15) is 4.79 Å². The fourth-order valence-corrected chi connectivity index (χ4v) is 2.96. The Balaban J connectivity index is 1.94. The highest BCUT2D eigenvalue weighted by Crippen LogP contribution is 2.23. The molecule has 0 saturated carbocycles. The second-order valence-corrected chi connectivity index (χ2v) is 6.12. The first-order chi connectivity index (χ1) is 11.1. The van der Waals surface area contributed by atoms with Crippen molar-refractivity contribution in [3.63, 3.8) is 0 Å². The second-order valence-electron chi connectivity index (χ2n) is 5.14. The summed E-state index contributed by atoms with van der Waals surface area (Å²) in [6.07, 6.45) is 0. The first kappa shape index (κ1) is 17.3. The summed E-state index contributed by atoms with van der Waals surface area (Å²) in [5.41, 5.74) is 0.881. The fraction of sp³-hybridized carbons (Fsp3) is 0.353. The van der Waals surface area contributed by atoms with Crippen LogP contribution >= 0.6 is 11.3 Å². The first-order valence-corrected chi connectivity index (χ1v) is 8.37. The van der Waals surface area contributed by atoms with Gasteiger partial charge in [0.25, 0.3) is 0 Å². The van der Waals surface area contributed by atoms with Gasteiger partial charge in [-0.2, -0.15) is 0 Å². The molecule has 1 aromatic carbocycles. The Morgan fingerprint density at radius 1 is 1.35 bits per heavy atom. The molecule has 6 heteroatoms. The third-order valence-corrected chi connectivity index (χ3v) is 4.65. The summed E-state index contributed by atoms with van der Waals surface area (Å²) in [7, 11) is 1.79. The molecule has 2 rings (SSSR count). The lowest BCUT2D eigenvalue weighted by Gasteiger charge is -2.24. The van der Waals surface area contributed by atoms with E-state index in [2.05, 4.69) is 5.32 Å². The molecule has 1 aromatic heterocycles. The van der Waals surface area contributed by atoms with Gasteiger partial charge in [0.05, 0.1) is 12.6 Å². The van der Waals surface area contributed by atoms with E-state index in [1.54, 1.807) is 23.3 Å². The Labute approximate surface area is 140 Å². The van der Waals surface area contributed by atoms with E-state index < -0.39 is 0 Å². The highest BCUT2D eigenvalue weighted by molar-refractivity contribution is 7.10. The number of hydrogen-bond donors (Lipinski definition) is 2. The lowest BCUT2D eigenvalue weighted by Crippen LogP contribution is -2.38. The van der Waals surface area contributed by atoms with E-state index in [4.69, 9.17) is 9.84 Å². The van der Waals surface area contributed by atoms with Crippen LogP contribution in [0.25, 0.3) is 0 Å². The molecule has 1 unspecified atom stereocenters. The van der Waals surface area contributed by atoms with Gasteiger partial charge in [0.1, 0.15) is 12.4 Å². The maximum Gasteiger partial charge on any atom is 0.317 e. The van der Waals surface area contributed by atoms with Gasteiger partial charge in [-0.1, -0.05) is 24.3 Å². The Hall–Kier alpha value is -2.05. The lowest BCUT2D eigenvalue weighted by atomic mass is 10.2. The van der Waals surface area contributed by atoms with Gasteiger partial charge < -0.3 is 20.1 Å². The highest BCUT2D eigenvalue weighted by Gasteiger charge is 2.18. The number of aliphatic hydroxyl groups is 1. The van der Waals surface area contributed by atoms with Crippen LogP contribution in [0.4, 0.5) is 4.79 Å². The summed E-state index contributed by atoms with van der Waals surface area (Å²) in [4.78, 5) is 15.1. The number of nitrogens with zero attached hydrogens (tertiary/aromatic N) is 1. The number of hydrogen-bond acceptors (Lipinski definition) is 4. The summed E-state index contributed by atoms with van der Waals surface area (Å²) in [6, 6.07) is 11.4. The average molecular weight is 334 g/mol. The molecule has 0 aliphatic rings. The van der Waals surface area contributed by atoms with Gasteiger partial charge in [-0.25, -0.2) is 4.79 Å². The summed E-state index contributed by atoms with van der Waals surface area (Å²) >= 11 is 1.64. The number of rotatable bonds is 7. The number of benzene rings is 1. The molecular weight excluding hydrogens is 312 g/mol. The number of amides is 2. The third-order valence-electron chi connectivity index (χ3n) is 3.61. The van der Waals surface area contributed by atoms with Crippen molar-refractivity contribution in [3.8, 4) is 5.75 Å². The molecule has 124 valence electrons. The van der Waals surface area contributed by atoms with Crippen LogP contribution in [0.15, 0.2) is 41.8 Å². The number of nitrogens with one attached hydrogen (secondary N) is 1. The zero-order valence-electron chi connectivity index (χ0n) is 13.4. The van der Waals surface area contributed by atoms with E-state index in [1.165, 1.54) is 0 Å². The molecule has 1 heterocycles. The molecule has 0 spiro atoms. The largest absolute Gasteiger partial charge is 0.491 e. The number of thiophene rings is 1. The zero-order valence-corrected chi connectivity index (χ0v) is 14.2. The first-order valence-electron chi connectivity index (χ1n) is 7.49. The summed E-state index contributed by atoms with van der Waals surface area (Å²) < 4.78 is 5.47. The number of carbonyl (C=O) groups excluding carboxylic acids is 1. The molecule has 0 saturated heterocycles. The molecule has 0 fully saturated rings. The van der Waals surface area contributed by atoms with Crippen molar-refractivity contribution in [2.45, 2.75) is 19.5 Å². The lowest BCUT2D eigenvalue weighted by molar-refractivity contribution is 0.193. The summed E-state index contributed by atoms with van der Waals surface area (Å²) in [5.74, 6) is 0.677. The third kappa shape index (κ3) is 4.71. The van der Waals surface area contributed by atoms with Gasteiger partial charge in [0, 0.05) is 24.0 Å². The molecule has 5 nitrogen and oxygen atoms in total. The van der Waals surface area contributed by atoms with Crippen LogP contribution in [0.2, 0.25) is 0 Å². The van der Waals surface area contributed by atoms with Gasteiger partial charge in [0.2, 0.25) is 0 Å². The molecule has 2 amide bonds. The van der Waals surface area contributed by atoms with E-state index in [0.29, 0.717) is 12.3 Å². The van der Waals surface area contributed by atoms with Gasteiger partial charge in [0.15, 0.2) is 0 Å². The number of para-hydroxylation sites is 1. The second kappa shape index (κ2) is 8.55. The van der Waals surface area contributed by atoms with Crippen LogP contribution < -0.4 is 10.1 Å². The van der Waals surface area contributed by atoms with Crippen molar-refractivity contribution in [2.24, 2.45) is 0 Å². The minimum absolute atomic E-state index is 0.0240. The predicted molar refractivity (Wildman–Crippen MR) is 91.8 cm³/mol. The van der Waals surface area contributed by atoms with Crippen molar-refractivity contribution >= 4 is 17.4 Å². The topological polar surface area (TPSA) is 61.8 Å². The smallest absolute Gasteiger partial charge is 0.317 e. The fourth-order valence-electron chi connectivity index (χ4n) is 2.14. The minimum atomic E-state index is -0.136. The average Bonchev–Trinajstić information content (AvgIpc) is 3.11. The highest BCUT2D eigenvalue weighted by atomic mass is 32.1. The van der Waals surface area contributed by atoms with Gasteiger partial charge >= 0.3 is 6.03 Å². The maximum atomic E-state index is 12.3. The SMILES string of the molecule is CC(c1cccs1)N(C)C(=O)NCc1ccccc1OCCO. The number of carbonyl (C=O) groups is 1. The van der Waals surface area contributed by atoms with Crippen LogP contribution in [0, 0.1) is 0 Å². The molecule has 0 bridgehead atoms. The summed E-state index contributed by atoms with van der Waals surface area (Å²) in [6.45, 7) is 2.58. The molecule has 23 heavy (non-hydrogen) atoms. The Kier molecular flexibility index (Phi) is 6.43. The number of ether oxygens (including phenoxy) is 1. The quantitative estimate of drug-likeness (QED) is 0.818. The van der Waals surface area contributed by atoms with Crippen molar-refractivity contribution < 1.29 is 14.6 Å². The van der Waals surface area contributed by atoms with Gasteiger partial charge in [-0.05, 0) is 24.4 Å². The van der Waals surface area contributed by atoms with Crippen molar-refractivity contribution in [1.29, 1.82) is 0 Å². The maximum absolute atomic E-state index is 12.3. The van der Waals surface area contributed by atoms with Gasteiger partial charge in [-0.3, -0.25) is 0 Å². The normalized spacial score (nSPS) is 11.8. The van der Waals surface area contributed by atoms with Gasteiger partial charge in [-0.15, -0.1) is 11.3 Å². The van der Waals surface area contributed by atoms with Crippen LogP contribution in [-0.4, -0.2) is 36.3 Å². The number of aliphatic hydroxyl groups excluding tert-OH is 1. The Morgan fingerprint density at radius 2 is 2.13 bits per heavy atom. The molecule has 0 radical (unpaired) electrons. The van der Waals surface area contributed by atoms with Crippen molar-refractivity contribution in [2.75, 3.05) is 20.3 Å². The van der Waals surface area contributed by atoms with Crippen molar-refractivity contribution in [1.82, 2.24) is 10.2 Å². The molecular formula is C17H22N2O3S. The van der Waals surface area contributed by atoms with E-state index in [1.807, 2.05) is 48.7 Å². The molecule has 0 aliphatic heterocycles.